The second-order valence-electron chi connectivity index (χ2n) is 1.45. The summed E-state index contributed by atoms with van der Waals surface area (Å²) in [6, 6.07) is 0. The van der Waals surface area contributed by atoms with Crippen molar-refractivity contribution < 1.29 is 0 Å². The number of alkyl halides is 1. The van der Waals surface area contributed by atoms with E-state index in [0.717, 1.165) is 0 Å². The van der Waals surface area contributed by atoms with Crippen LogP contribution in [-0.4, -0.2) is 23.1 Å². The van der Waals surface area contributed by atoms with Gasteiger partial charge in [-0.1, -0.05) is 15.9 Å². The normalized spacial score (nSPS) is 32.0. The highest BCUT2D eigenvalue weighted by atomic mass is 79.9. The molecule has 1 atom stereocenters. The molecular formula is C4H6BrN2. The molecule has 0 saturated heterocycles. The molecule has 2 nitrogen and oxygen atoms in total. The van der Waals surface area contributed by atoms with Crippen LogP contribution in [0.4, 0.5) is 0 Å². The maximum atomic E-state index is 3.87. The molecule has 0 saturated carbocycles. The average molecular weight is 162 g/mol. The molecule has 1 unspecified atom stereocenters. The van der Waals surface area contributed by atoms with Crippen molar-refractivity contribution in [3.63, 3.8) is 0 Å². The Bertz CT molecular complexity index is 91.7. The van der Waals surface area contributed by atoms with Gasteiger partial charge in [-0.05, 0) is 7.05 Å². The zero-order valence-corrected chi connectivity index (χ0v) is 5.59. The minimum atomic E-state index is 0.312. The first kappa shape index (κ1) is 5.25. The summed E-state index contributed by atoms with van der Waals surface area (Å²) in [5.41, 5.74) is 0. The number of hydrogen-bond acceptors (Lipinski definition) is 2. The monoisotopic (exact) mass is 161 g/mol. The quantitative estimate of drug-likeness (QED) is 0.380. The highest BCUT2D eigenvalue weighted by molar-refractivity contribution is 9.09. The Labute approximate surface area is 51.4 Å². The molecule has 1 rings (SSSR count). The smallest absolute Gasteiger partial charge is 0.139 e. The third kappa shape index (κ3) is 1.01. The lowest BCUT2D eigenvalue weighted by atomic mass is 10.7. The molecule has 0 aromatic rings. The van der Waals surface area contributed by atoms with Crippen LogP contribution in [0.25, 0.3) is 0 Å². The molecule has 7 heavy (non-hydrogen) atoms. The number of hydrogen-bond donors (Lipinski definition) is 0. The fraction of sp³-hybridized carbons (Fsp3) is 0.500. The first-order chi connectivity index (χ1) is 3.30. The molecule has 1 aliphatic rings. The summed E-state index contributed by atoms with van der Waals surface area (Å²) in [5, 5.41) is 0. The predicted octanol–water partition coefficient (Wildman–Crippen LogP) is 0.843. The Morgan fingerprint density at radius 3 is 2.71 bits per heavy atom. The van der Waals surface area contributed by atoms with E-state index in [2.05, 4.69) is 20.9 Å². The topological polar surface area (TPSA) is 15.6 Å². The van der Waals surface area contributed by atoms with Gasteiger partial charge in [0.15, 0.2) is 0 Å². The van der Waals surface area contributed by atoms with Gasteiger partial charge in [0.25, 0.3) is 0 Å². The van der Waals surface area contributed by atoms with Gasteiger partial charge < -0.3 is 0 Å². The standard InChI is InChI=1S/C4H6BrN2/c1-7-3-6-2-4(7)5/h2-4H,1H3. The molecule has 1 aliphatic heterocycles. The van der Waals surface area contributed by atoms with E-state index < -0.39 is 0 Å². The van der Waals surface area contributed by atoms with E-state index >= 15 is 0 Å². The van der Waals surface area contributed by atoms with E-state index in [1.54, 1.807) is 6.67 Å². The summed E-state index contributed by atoms with van der Waals surface area (Å²) in [6.07, 6.45) is 1.83. The zero-order valence-electron chi connectivity index (χ0n) is 4.00. The molecule has 0 fully saturated rings. The SMILES string of the molecule is CN1[CH]N=CC1Br. The molecule has 0 spiro atoms. The first-order valence-electron chi connectivity index (χ1n) is 2.03. The fourth-order valence-electron chi connectivity index (χ4n) is 0.384. The second-order valence-corrected chi connectivity index (χ2v) is 2.39. The molecule has 0 aromatic carbocycles. The number of rotatable bonds is 0. The van der Waals surface area contributed by atoms with Crippen molar-refractivity contribution in [3.8, 4) is 0 Å². The zero-order chi connectivity index (χ0) is 5.28. The molecule has 0 aliphatic carbocycles. The van der Waals surface area contributed by atoms with Crippen LogP contribution in [-0.2, 0) is 0 Å². The Morgan fingerprint density at radius 1 is 1.86 bits per heavy atom. The molecule has 3 heteroatoms. The van der Waals surface area contributed by atoms with Crippen molar-refractivity contribution in [1.29, 1.82) is 0 Å². The van der Waals surface area contributed by atoms with Crippen molar-refractivity contribution >= 4 is 22.1 Å². The molecule has 0 bridgehead atoms. The Balaban J connectivity index is 2.45. The highest BCUT2D eigenvalue weighted by Crippen LogP contribution is 2.09. The van der Waals surface area contributed by atoms with E-state index in [1.165, 1.54) is 0 Å². The minimum Gasteiger partial charge on any atom is -0.272 e. The molecule has 0 aromatic heterocycles. The molecule has 39 valence electrons. The van der Waals surface area contributed by atoms with E-state index in [0.29, 0.717) is 4.95 Å². The van der Waals surface area contributed by atoms with Gasteiger partial charge >= 0.3 is 0 Å². The minimum absolute atomic E-state index is 0.312. The van der Waals surface area contributed by atoms with Gasteiger partial charge in [0, 0.05) is 6.21 Å². The highest BCUT2D eigenvalue weighted by Gasteiger charge is 2.11. The first-order valence-corrected chi connectivity index (χ1v) is 2.95. The Morgan fingerprint density at radius 2 is 2.57 bits per heavy atom. The lowest BCUT2D eigenvalue weighted by molar-refractivity contribution is 0.469. The summed E-state index contributed by atoms with van der Waals surface area (Å²) in [7, 11) is 1.96. The predicted molar refractivity (Wildman–Crippen MR) is 33.3 cm³/mol. The van der Waals surface area contributed by atoms with Crippen LogP contribution in [0.15, 0.2) is 4.99 Å². The Hall–Kier alpha value is 0.110. The van der Waals surface area contributed by atoms with Crippen molar-refractivity contribution in [2.75, 3.05) is 7.05 Å². The van der Waals surface area contributed by atoms with Crippen LogP contribution in [0.1, 0.15) is 0 Å². The van der Waals surface area contributed by atoms with Crippen molar-refractivity contribution in [2.24, 2.45) is 4.99 Å². The van der Waals surface area contributed by atoms with E-state index in [4.69, 9.17) is 0 Å². The van der Waals surface area contributed by atoms with Crippen LogP contribution in [0.3, 0.4) is 0 Å². The van der Waals surface area contributed by atoms with Crippen LogP contribution in [0.2, 0.25) is 0 Å². The maximum absolute atomic E-state index is 3.87. The van der Waals surface area contributed by atoms with E-state index in [9.17, 15) is 0 Å². The fourth-order valence-corrected chi connectivity index (χ4v) is 0.626. The molecular weight excluding hydrogens is 156 g/mol. The Kier molecular flexibility index (Phi) is 1.44. The third-order valence-corrected chi connectivity index (χ3v) is 1.73. The third-order valence-electron chi connectivity index (χ3n) is 0.847. The van der Waals surface area contributed by atoms with Gasteiger partial charge in [-0.2, -0.15) is 0 Å². The van der Waals surface area contributed by atoms with Gasteiger partial charge in [-0.15, -0.1) is 0 Å². The van der Waals surface area contributed by atoms with Crippen LogP contribution in [0, 0.1) is 6.67 Å². The average Bonchev–Trinajstić information content (AvgIpc) is 1.91. The van der Waals surface area contributed by atoms with Crippen molar-refractivity contribution in [1.82, 2.24) is 4.90 Å². The summed E-state index contributed by atoms with van der Waals surface area (Å²) in [5.74, 6) is 0. The molecule has 1 radical (unpaired) electrons. The molecule has 0 N–H and O–H groups in total. The van der Waals surface area contributed by atoms with Crippen molar-refractivity contribution in [2.45, 2.75) is 4.95 Å². The van der Waals surface area contributed by atoms with Gasteiger partial charge in [0.05, 0.1) is 0 Å². The van der Waals surface area contributed by atoms with Crippen LogP contribution in [0.5, 0.6) is 0 Å². The summed E-state index contributed by atoms with van der Waals surface area (Å²) in [4.78, 5) is 6.16. The van der Waals surface area contributed by atoms with E-state index in [-0.39, 0.29) is 0 Å². The van der Waals surface area contributed by atoms with Crippen molar-refractivity contribution in [3.05, 3.63) is 6.67 Å². The van der Waals surface area contributed by atoms with Gasteiger partial charge in [-0.3, -0.25) is 9.89 Å². The number of halogens is 1. The van der Waals surface area contributed by atoms with Gasteiger partial charge in [0.2, 0.25) is 0 Å². The molecule has 1 heterocycles. The lowest BCUT2D eigenvalue weighted by Gasteiger charge is -2.07. The number of nitrogens with zero attached hydrogens (tertiary/aromatic N) is 2. The van der Waals surface area contributed by atoms with E-state index in [1.807, 2.05) is 18.2 Å². The van der Waals surface area contributed by atoms with Gasteiger partial charge in [0.1, 0.15) is 11.6 Å². The summed E-state index contributed by atoms with van der Waals surface area (Å²) >= 11 is 3.35. The molecule has 0 amide bonds. The summed E-state index contributed by atoms with van der Waals surface area (Å²) in [6.45, 7) is 1.78. The lowest BCUT2D eigenvalue weighted by Crippen LogP contribution is -2.17. The van der Waals surface area contributed by atoms with Crippen LogP contribution < -0.4 is 0 Å². The maximum Gasteiger partial charge on any atom is 0.139 e. The van der Waals surface area contributed by atoms with Crippen LogP contribution >= 0.6 is 15.9 Å². The summed E-state index contributed by atoms with van der Waals surface area (Å²) < 4.78 is 0. The second kappa shape index (κ2) is 1.92. The number of aliphatic imine (C=N–C) groups is 1. The largest absolute Gasteiger partial charge is 0.272 e. The van der Waals surface area contributed by atoms with Gasteiger partial charge in [-0.25, -0.2) is 0 Å².